The Bertz CT molecular complexity index is 504. The number of ether oxygens (including phenoxy) is 1. The van der Waals surface area contributed by atoms with E-state index in [1.165, 1.54) is 0 Å². The van der Waals surface area contributed by atoms with Crippen LogP contribution in [-0.4, -0.2) is 49.1 Å². The standard InChI is InChI=1S/C17H24N2O3S/c1-23-11-9-15(17(21)18-12-14-8-5-10-22-14)19-16(20)13-6-3-2-4-7-13/h2-4,6-7,14-15H,5,8-12H2,1H3,(H,18,21)(H,19,20). The first-order valence-electron chi connectivity index (χ1n) is 7.95. The molecule has 23 heavy (non-hydrogen) atoms. The molecule has 1 saturated heterocycles. The van der Waals surface area contributed by atoms with Gasteiger partial charge in [0.2, 0.25) is 5.91 Å². The SMILES string of the molecule is CSCCC(NC(=O)c1ccccc1)C(=O)NCC1CCCO1. The van der Waals surface area contributed by atoms with Crippen LogP contribution in [0.4, 0.5) is 0 Å². The first-order chi connectivity index (χ1) is 11.2. The summed E-state index contributed by atoms with van der Waals surface area (Å²) in [7, 11) is 0. The van der Waals surface area contributed by atoms with E-state index in [0.29, 0.717) is 18.5 Å². The van der Waals surface area contributed by atoms with Crippen LogP contribution in [0.2, 0.25) is 0 Å². The molecule has 0 radical (unpaired) electrons. The lowest BCUT2D eigenvalue weighted by atomic mass is 10.1. The number of carbonyl (C=O) groups is 2. The molecule has 5 nitrogen and oxygen atoms in total. The summed E-state index contributed by atoms with van der Waals surface area (Å²) in [5.74, 6) is 0.454. The van der Waals surface area contributed by atoms with Gasteiger partial charge >= 0.3 is 0 Å². The molecule has 1 aliphatic rings. The molecule has 2 rings (SSSR count). The third-order valence-electron chi connectivity index (χ3n) is 3.80. The van der Waals surface area contributed by atoms with Gasteiger partial charge in [0, 0.05) is 18.7 Å². The predicted octanol–water partition coefficient (Wildman–Crippen LogP) is 1.83. The highest BCUT2D eigenvalue weighted by atomic mass is 32.2. The quantitative estimate of drug-likeness (QED) is 0.760. The van der Waals surface area contributed by atoms with Gasteiger partial charge < -0.3 is 15.4 Å². The third-order valence-corrected chi connectivity index (χ3v) is 4.44. The van der Waals surface area contributed by atoms with Crippen LogP contribution in [-0.2, 0) is 9.53 Å². The van der Waals surface area contributed by atoms with E-state index in [1.54, 1.807) is 23.9 Å². The molecule has 2 unspecified atom stereocenters. The minimum Gasteiger partial charge on any atom is -0.376 e. The third kappa shape index (κ3) is 5.88. The van der Waals surface area contributed by atoms with E-state index in [1.807, 2.05) is 24.5 Å². The minimum atomic E-state index is -0.517. The minimum absolute atomic E-state index is 0.102. The topological polar surface area (TPSA) is 67.4 Å². The fourth-order valence-electron chi connectivity index (χ4n) is 2.48. The maximum atomic E-state index is 12.4. The van der Waals surface area contributed by atoms with Crippen molar-refractivity contribution in [3.05, 3.63) is 35.9 Å². The number of nitrogens with one attached hydrogen (secondary N) is 2. The summed E-state index contributed by atoms with van der Waals surface area (Å²) in [5.41, 5.74) is 0.563. The Balaban J connectivity index is 1.89. The molecule has 0 spiro atoms. The van der Waals surface area contributed by atoms with Crippen molar-refractivity contribution in [2.24, 2.45) is 0 Å². The van der Waals surface area contributed by atoms with Gasteiger partial charge in [0.25, 0.3) is 5.91 Å². The van der Waals surface area contributed by atoms with Crippen molar-refractivity contribution in [2.75, 3.05) is 25.2 Å². The van der Waals surface area contributed by atoms with Gasteiger partial charge in [-0.05, 0) is 43.4 Å². The van der Waals surface area contributed by atoms with Crippen LogP contribution in [0.25, 0.3) is 0 Å². The van der Waals surface area contributed by atoms with E-state index in [0.717, 1.165) is 25.2 Å². The molecule has 2 amide bonds. The van der Waals surface area contributed by atoms with Gasteiger partial charge in [0.1, 0.15) is 6.04 Å². The van der Waals surface area contributed by atoms with Crippen LogP contribution in [0, 0.1) is 0 Å². The maximum Gasteiger partial charge on any atom is 0.251 e. The molecular weight excluding hydrogens is 312 g/mol. The van der Waals surface area contributed by atoms with Crippen LogP contribution in [0.15, 0.2) is 30.3 Å². The second-order valence-corrected chi connectivity index (χ2v) is 6.54. The zero-order chi connectivity index (χ0) is 16.5. The van der Waals surface area contributed by atoms with Gasteiger partial charge in [0.05, 0.1) is 6.10 Å². The Morgan fingerprint density at radius 2 is 2.13 bits per heavy atom. The average molecular weight is 336 g/mol. The summed E-state index contributed by atoms with van der Waals surface area (Å²) in [5, 5.41) is 5.74. The molecule has 1 heterocycles. The average Bonchev–Trinajstić information content (AvgIpc) is 3.10. The van der Waals surface area contributed by atoms with Crippen molar-refractivity contribution in [3.8, 4) is 0 Å². The highest BCUT2D eigenvalue weighted by Gasteiger charge is 2.23. The molecule has 0 bridgehead atoms. The molecular formula is C17H24N2O3S. The van der Waals surface area contributed by atoms with Crippen LogP contribution in [0.1, 0.15) is 29.6 Å². The van der Waals surface area contributed by atoms with Crippen molar-refractivity contribution < 1.29 is 14.3 Å². The molecule has 1 fully saturated rings. The molecule has 1 aromatic carbocycles. The zero-order valence-corrected chi connectivity index (χ0v) is 14.2. The Hall–Kier alpha value is -1.53. The molecule has 6 heteroatoms. The van der Waals surface area contributed by atoms with Gasteiger partial charge in [0.15, 0.2) is 0 Å². The van der Waals surface area contributed by atoms with E-state index in [9.17, 15) is 9.59 Å². The predicted molar refractivity (Wildman–Crippen MR) is 92.7 cm³/mol. The summed E-state index contributed by atoms with van der Waals surface area (Å²) in [4.78, 5) is 24.6. The molecule has 0 aliphatic carbocycles. The molecule has 2 atom stereocenters. The van der Waals surface area contributed by atoms with Gasteiger partial charge in [-0.15, -0.1) is 0 Å². The smallest absolute Gasteiger partial charge is 0.251 e. The monoisotopic (exact) mass is 336 g/mol. The summed E-state index contributed by atoms with van der Waals surface area (Å²) < 4.78 is 5.51. The number of benzene rings is 1. The van der Waals surface area contributed by atoms with Crippen LogP contribution in [0.3, 0.4) is 0 Å². The van der Waals surface area contributed by atoms with Gasteiger partial charge in [-0.25, -0.2) is 0 Å². The zero-order valence-electron chi connectivity index (χ0n) is 13.4. The Morgan fingerprint density at radius 3 is 2.78 bits per heavy atom. The van der Waals surface area contributed by atoms with Gasteiger partial charge in [-0.3, -0.25) is 9.59 Å². The first-order valence-corrected chi connectivity index (χ1v) is 9.34. The van der Waals surface area contributed by atoms with Crippen molar-refractivity contribution >= 4 is 23.6 Å². The Morgan fingerprint density at radius 1 is 1.35 bits per heavy atom. The van der Waals surface area contributed by atoms with Crippen LogP contribution in [0.5, 0.6) is 0 Å². The Kier molecular flexibility index (Phi) is 7.42. The van der Waals surface area contributed by atoms with E-state index in [2.05, 4.69) is 10.6 Å². The lowest BCUT2D eigenvalue weighted by molar-refractivity contribution is -0.123. The van der Waals surface area contributed by atoms with E-state index >= 15 is 0 Å². The van der Waals surface area contributed by atoms with Crippen molar-refractivity contribution in [1.82, 2.24) is 10.6 Å². The number of rotatable bonds is 8. The summed E-state index contributed by atoms with van der Waals surface area (Å²) >= 11 is 1.66. The second kappa shape index (κ2) is 9.57. The highest BCUT2D eigenvalue weighted by Crippen LogP contribution is 2.11. The lowest BCUT2D eigenvalue weighted by Gasteiger charge is -2.19. The maximum absolute atomic E-state index is 12.4. The summed E-state index contributed by atoms with van der Waals surface area (Å²) in [6.45, 7) is 1.27. The normalized spacial score (nSPS) is 18.4. The molecule has 0 aromatic heterocycles. The van der Waals surface area contributed by atoms with Crippen molar-refractivity contribution in [2.45, 2.75) is 31.4 Å². The number of amides is 2. The summed E-state index contributed by atoms with van der Waals surface area (Å²) in [6.07, 6.45) is 4.72. The fourth-order valence-corrected chi connectivity index (χ4v) is 2.95. The van der Waals surface area contributed by atoms with Crippen molar-refractivity contribution in [1.29, 1.82) is 0 Å². The largest absolute Gasteiger partial charge is 0.376 e. The first kappa shape index (κ1) is 17.8. The highest BCUT2D eigenvalue weighted by molar-refractivity contribution is 7.98. The van der Waals surface area contributed by atoms with Gasteiger partial charge in [-0.2, -0.15) is 11.8 Å². The summed E-state index contributed by atoms with van der Waals surface area (Å²) in [6, 6.07) is 8.44. The number of hydrogen-bond acceptors (Lipinski definition) is 4. The second-order valence-electron chi connectivity index (χ2n) is 5.55. The molecule has 1 aromatic rings. The van der Waals surface area contributed by atoms with Crippen molar-refractivity contribution in [3.63, 3.8) is 0 Å². The number of hydrogen-bond donors (Lipinski definition) is 2. The van der Waals surface area contributed by atoms with Crippen LogP contribution >= 0.6 is 11.8 Å². The number of carbonyl (C=O) groups excluding carboxylic acids is 2. The molecule has 1 aliphatic heterocycles. The van der Waals surface area contributed by atoms with E-state index in [4.69, 9.17) is 4.74 Å². The molecule has 126 valence electrons. The fraction of sp³-hybridized carbons (Fsp3) is 0.529. The molecule has 2 N–H and O–H groups in total. The van der Waals surface area contributed by atoms with E-state index < -0.39 is 6.04 Å². The van der Waals surface area contributed by atoms with Crippen LogP contribution < -0.4 is 10.6 Å². The number of thioether (sulfide) groups is 1. The lowest BCUT2D eigenvalue weighted by Crippen LogP contribution is -2.48. The van der Waals surface area contributed by atoms with E-state index in [-0.39, 0.29) is 17.9 Å². The Labute approximate surface area is 141 Å². The molecule has 0 saturated carbocycles. The van der Waals surface area contributed by atoms with Gasteiger partial charge in [-0.1, -0.05) is 18.2 Å².